The molecule has 1 fully saturated rings. The lowest BCUT2D eigenvalue weighted by molar-refractivity contribution is 0.1000. The van der Waals surface area contributed by atoms with E-state index in [0.717, 1.165) is 12.8 Å². The van der Waals surface area contributed by atoms with Crippen molar-refractivity contribution in [3.8, 4) is 5.69 Å². The Kier molecular flexibility index (Phi) is 4.20. The summed E-state index contributed by atoms with van der Waals surface area (Å²) >= 11 is 6.16. The number of carbonyl (C=O) groups is 1. The highest BCUT2D eigenvalue weighted by molar-refractivity contribution is 6.35. The summed E-state index contributed by atoms with van der Waals surface area (Å²) in [4.78, 5) is 29.2. The molecule has 4 rings (SSSR count). The maximum absolute atomic E-state index is 14.3. The third kappa shape index (κ3) is 2.98. The Labute approximate surface area is 158 Å². The molecule has 6 nitrogen and oxygen atoms in total. The van der Waals surface area contributed by atoms with E-state index in [1.807, 2.05) is 0 Å². The zero-order valence-corrected chi connectivity index (χ0v) is 14.9. The van der Waals surface area contributed by atoms with Crippen LogP contribution in [-0.4, -0.2) is 15.5 Å². The van der Waals surface area contributed by atoms with Crippen LogP contribution in [0.2, 0.25) is 5.02 Å². The van der Waals surface area contributed by atoms with Crippen molar-refractivity contribution in [2.45, 2.75) is 18.9 Å². The first kappa shape index (κ1) is 17.6. The molecule has 138 valence electrons. The summed E-state index contributed by atoms with van der Waals surface area (Å²) in [5.41, 5.74) is 11.6. The SMILES string of the molecule is NC(=O)c1cccc(-n2c([C@@H](N)C3CC3)nc3c(F)ccc(Cl)c3c2=O)c1. The van der Waals surface area contributed by atoms with Crippen molar-refractivity contribution in [2.24, 2.45) is 17.4 Å². The molecule has 1 aliphatic rings. The molecule has 1 atom stereocenters. The van der Waals surface area contributed by atoms with Crippen LogP contribution in [0, 0.1) is 11.7 Å². The van der Waals surface area contributed by atoms with E-state index in [2.05, 4.69) is 4.98 Å². The number of benzene rings is 2. The van der Waals surface area contributed by atoms with Gasteiger partial charge in [-0.1, -0.05) is 17.7 Å². The standard InChI is InChI=1S/C19H16ClFN4O2/c20-12-6-7-13(21)16-14(12)19(27)25(18(24-16)15(22)9-4-5-9)11-3-1-2-10(8-11)17(23)26/h1-3,6-9,15H,4-5,22H2,(H2,23,26)/t15-/m0/s1. The Morgan fingerprint density at radius 1 is 1.30 bits per heavy atom. The molecular formula is C19H16ClFN4O2. The lowest BCUT2D eigenvalue weighted by Gasteiger charge is -2.19. The molecule has 8 heteroatoms. The van der Waals surface area contributed by atoms with Crippen LogP contribution in [0.3, 0.4) is 0 Å². The molecule has 1 heterocycles. The van der Waals surface area contributed by atoms with Crippen molar-refractivity contribution < 1.29 is 9.18 Å². The maximum atomic E-state index is 14.3. The Balaban J connectivity index is 2.08. The van der Waals surface area contributed by atoms with Crippen molar-refractivity contribution in [3.63, 3.8) is 0 Å². The summed E-state index contributed by atoms with van der Waals surface area (Å²) in [6, 6.07) is 8.20. The van der Waals surface area contributed by atoms with Crippen LogP contribution in [0.1, 0.15) is 35.1 Å². The summed E-state index contributed by atoms with van der Waals surface area (Å²) < 4.78 is 15.6. The highest BCUT2D eigenvalue weighted by Gasteiger charge is 2.33. The minimum absolute atomic E-state index is 0.0344. The maximum Gasteiger partial charge on any atom is 0.267 e. The van der Waals surface area contributed by atoms with Gasteiger partial charge in [0, 0.05) is 5.56 Å². The normalized spacial score (nSPS) is 15.1. The fourth-order valence-electron chi connectivity index (χ4n) is 3.17. The van der Waals surface area contributed by atoms with Gasteiger partial charge in [0.05, 0.1) is 22.1 Å². The van der Waals surface area contributed by atoms with Crippen LogP contribution >= 0.6 is 11.6 Å². The zero-order valence-electron chi connectivity index (χ0n) is 14.2. The van der Waals surface area contributed by atoms with Gasteiger partial charge in [0.25, 0.3) is 5.56 Å². The van der Waals surface area contributed by atoms with Gasteiger partial charge in [-0.25, -0.2) is 9.37 Å². The number of primary amides is 1. The van der Waals surface area contributed by atoms with E-state index in [1.165, 1.54) is 22.8 Å². The van der Waals surface area contributed by atoms with Gasteiger partial charge in [-0.05, 0) is 49.1 Å². The fraction of sp³-hybridized carbons (Fsp3) is 0.211. The van der Waals surface area contributed by atoms with Crippen molar-refractivity contribution in [3.05, 3.63) is 69.0 Å². The number of halogens is 2. The number of fused-ring (bicyclic) bond motifs is 1. The van der Waals surface area contributed by atoms with Gasteiger partial charge < -0.3 is 11.5 Å². The van der Waals surface area contributed by atoms with Gasteiger partial charge in [0.2, 0.25) is 5.91 Å². The van der Waals surface area contributed by atoms with Gasteiger partial charge in [0.1, 0.15) is 17.2 Å². The van der Waals surface area contributed by atoms with E-state index in [0.29, 0.717) is 5.69 Å². The van der Waals surface area contributed by atoms with Crippen LogP contribution in [0.5, 0.6) is 0 Å². The molecule has 3 aromatic rings. The van der Waals surface area contributed by atoms with Crippen LogP contribution < -0.4 is 17.0 Å². The molecule has 27 heavy (non-hydrogen) atoms. The molecule has 2 aromatic carbocycles. The number of nitrogens with two attached hydrogens (primary N) is 2. The van der Waals surface area contributed by atoms with Gasteiger partial charge >= 0.3 is 0 Å². The second-order valence-corrected chi connectivity index (χ2v) is 7.05. The number of hydrogen-bond acceptors (Lipinski definition) is 4. The van der Waals surface area contributed by atoms with Gasteiger partial charge in [0.15, 0.2) is 0 Å². The van der Waals surface area contributed by atoms with E-state index in [1.54, 1.807) is 18.2 Å². The van der Waals surface area contributed by atoms with Crippen molar-refractivity contribution in [1.29, 1.82) is 0 Å². The second kappa shape index (κ2) is 6.44. The van der Waals surface area contributed by atoms with Crippen LogP contribution in [-0.2, 0) is 0 Å². The average molecular weight is 387 g/mol. The third-order valence-electron chi connectivity index (χ3n) is 4.77. The molecule has 1 amide bonds. The highest BCUT2D eigenvalue weighted by atomic mass is 35.5. The Hall–Kier alpha value is -2.77. The molecule has 1 aliphatic carbocycles. The molecule has 0 aliphatic heterocycles. The topological polar surface area (TPSA) is 104 Å². The van der Waals surface area contributed by atoms with E-state index >= 15 is 0 Å². The summed E-state index contributed by atoms with van der Waals surface area (Å²) in [5.74, 6) is -0.871. The number of aromatic nitrogens is 2. The summed E-state index contributed by atoms with van der Waals surface area (Å²) in [6.45, 7) is 0. The van der Waals surface area contributed by atoms with Crippen LogP contribution in [0.15, 0.2) is 41.2 Å². The monoisotopic (exact) mass is 386 g/mol. The molecule has 1 saturated carbocycles. The molecule has 1 aromatic heterocycles. The van der Waals surface area contributed by atoms with E-state index < -0.39 is 23.3 Å². The van der Waals surface area contributed by atoms with Gasteiger partial charge in [-0.2, -0.15) is 0 Å². The number of carbonyl (C=O) groups excluding carboxylic acids is 1. The van der Waals surface area contributed by atoms with Gasteiger partial charge in [-0.15, -0.1) is 0 Å². The number of hydrogen-bond donors (Lipinski definition) is 2. The average Bonchev–Trinajstić information content (AvgIpc) is 3.49. The Bertz CT molecular complexity index is 1140. The first-order chi connectivity index (χ1) is 12.9. The lowest BCUT2D eigenvalue weighted by atomic mass is 10.1. The fourth-order valence-corrected chi connectivity index (χ4v) is 3.41. The zero-order chi connectivity index (χ0) is 19.3. The molecule has 0 saturated heterocycles. The van der Waals surface area contributed by atoms with E-state index in [-0.39, 0.29) is 33.2 Å². The number of nitrogens with zero attached hydrogens (tertiary/aromatic N) is 2. The summed E-state index contributed by atoms with van der Waals surface area (Å²) in [6.07, 6.45) is 1.82. The predicted molar refractivity (Wildman–Crippen MR) is 100 cm³/mol. The molecule has 4 N–H and O–H groups in total. The van der Waals surface area contributed by atoms with E-state index in [4.69, 9.17) is 23.1 Å². The predicted octanol–water partition coefficient (Wildman–Crippen LogP) is 2.69. The number of rotatable bonds is 4. The summed E-state index contributed by atoms with van der Waals surface area (Å²) in [7, 11) is 0. The Morgan fingerprint density at radius 2 is 2.04 bits per heavy atom. The van der Waals surface area contributed by atoms with Crippen LogP contribution in [0.4, 0.5) is 4.39 Å². The first-order valence-electron chi connectivity index (χ1n) is 8.45. The lowest BCUT2D eigenvalue weighted by Crippen LogP contribution is -2.30. The Morgan fingerprint density at radius 3 is 2.70 bits per heavy atom. The quantitative estimate of drug-likeness (QED) is 0.719. The minimum Gasteiger partial charge on any atom is -0.366 e. The highest BCUT2D eigenvalue weighted by Crippen LogP contribution is 2.39. The number of amides is 1. The van der Waals surface area contributed by atoms with Gasteiger partial charge in [-0.3, -0.25) is 14.2 Å². The molecular weight excluding hydrogens is 371 g/mol. The second-order valence-electron chi connectivity index (χ2n) is 6.64. The third-order valence-corrected chi connectivity index (χ3v) is 5.08. The largest absolute Gasteiger partial charge is 0.366 e. The smallest absolute Gasteiger partial charge is 0.267 e. The van der Waals surface area contributed by atoms with Crippen LogP contribution in [0.25, 0.3) is 16.6 Å². The molecule has 0 radical (unpaired) electrons. The van der Waals surface area contributed by atoms with Crippen molar-refractivity contribution >= 4 is 28.4 Å². The molecule has 0 spiro atoms. The van der Waals surface area contributed by atoms with Crippen molar-refractivity contribution in [2.75, 3.05) is 0 Å². The van der Waals surface area contributed by atoms with E-state index in [9.17, 15) is 14.0 Å². The molecule has 0 unspecified atom stereocenters. The summed E-state index contributed by atoms with van der Waals surface area (Å²) in [5, 5.41) is 0.0585. The first-order valence-corrected chi connectivity index (χ1v) is 8.82. The minimum atomic E-state index is -0.645. The molecule has 0 bridgehead atoms. The van der Waals surface area contributed by atoms with Crippen molar-refractivity contribution in [1.82, 2.24) is 9.55 Å².